The molecule has 8 nitrogen and oxygen atoms in total. The van der Waals surface area contributed by atoms with Crippen LogP contribution in [0.25, 0.3) is 64.9 Å². The van der Waals surface area contributed by atoms with E-state index in [0.29, 0.717) is 65.1 Å². The number of phenols is 2. The normalized spacial score (nSPS) is 12.1. The van der Waals surface area contributed by atoms with Crippen LogP contribution in [0.3, 0.4) is 0 Å². The quantitative estimate of drug-likeness (QED) is 0.132. The maximum absolute atomic E-state index is 12.1. The van der Waals surface area contributed by atoms with Gasteiger partial charge in [0.05, 0.1) is 31.1 Å². The zero-order valence-electron chi connectivity index (χ0n) is 38.3. The van der Waals surface area contributed by atoms with Crippen molar-refractivity contribution in [2.75, 3.05) is 0 Å². The number of thiazole rings is 2. The van der Waals surface area contributed by atoms with Gasteiger partial charge in [0.15, 0.2) is 0 Å². The van der Waals surface area contributed by atoms with Crippen molar-refractivity contribution in [2.45, 2.75) is 0 Å². The predicted octanol–water partition coefficient (Wildman–Crippen LogP) is 9.16. The lowest BCUT2D eigenvalue weighted by atomic mass is 9.50. The molecule has 12 aromatic rings. The first-order valence-electron chi connectivity index (χ1n) is 23.4. The molecule has 0 unspecified atom stereocenters. The van der Waals surface area contributed by atoms with Crippen molar-refractivity contribution in [3.8, 4) is 46.2 Å². The number of aromatic nitrogens is 4. The van der Waals surface area contributed by atoms with Gasteiger partial charge in [0.2, 0.25) is 0 Å². The number of hydrogen-bond donors (Lipinski definition) is 2. The molecule has 0 spiro atoms. The van der Waals surface area contributed by atoms with Gasteiger partial charge in [0.25, 0.3) is 0 Å². The highest BCUT2D eigenvalue weighted by atomic mass is 32.1. The van der Waals surface area contributed by atoms with Crippen LogP contribution in [0.4, 0.5) is 0 Å². The number of phenolic OH excluding ortho intramolecular Hbond substituents is 2. The van der Waals surface area contributed by atoms with E-state index in [2.05, 4.69) is 69.6 Å². The molecular formula is C60H38B2N6O2S2. The lowest BCUT2D eigenvalue weighted by Gasteiger charge is -2.24. The van der Waals surface area contributed by atoms with Gasteiger partial charge in [-0.2, -0.15) is 10.5 Å². The molecule has 4 aromatic heterocycles. The number of nitrogens with zero attached hydrogens (tertiary/aromatic N) is 6. The summed E-state index contributed by atoms with van der Waals surface area (Å²) in [7, 11) is 0. The average Bonchev–Trinajstić information content (AvgIpc) is 4.20. The van der Waals surface area contributed by atoms with Gasteiger partial charge in [0.1, 0.15) is 44.8 Å². The third-order valence-electron chi connectivity index (χ3n) is 13.1. The fraction of sp³-hybridized carbons (Fsp3) is 0. The summed E-state index contributed by atoms with van der Waals surface area (Å²) in [6.07, 6.45) is 0. The minimum absolute atomic E-state index is 0.0397. The average molecular weight is 961 g/mol. The first-order valence-corrected chi connectivity index (χ1v) is 25.0. The Labute approximate surface area is 423 Å². The summed E-state index contributed by atoms with van der Waals surface area (Å²) in [5.41, 5.74) is 8.43. The van der Waals surface area contributed by atoms with E-state index in [1.807, 2.05) is 146 Å². The summed E-state index contributed by atoms with van der Waals surface area (Å²) in [4.78, 5) is 10.4. The first kappa shape index (κ1) is 44.0. The van der Waals surface area contributed by atoms with E-state index < -0.39 is 13.7 Å². The van der Waals surface area contributed by atoms with Crippen LogP contribution in [0.15, 0.2) is 218 Å². The predicted molar refractivity (Wildman–Crippen MR) is 295 cm³/mol. The highest BCUT2D eigenvalue weighted by Gasteiger charge is 2.37. The molecular weight excluding hydrogens is 922 g/mol. The monoisotopic (exact) mass is 960 g/mol. The lowest BCUT2D eigenvalue weighted by Crippen LogP contribution is -2.54. The van der Waals surface area contributed by atoms with Crippen molar-refractivity contribution in [3.05, 3.63) is 239 Å². The van der Waals surface area contributed by atoms with Gasteiger partial charge < -0.3 is 19.2 Å². The van der Waals surface area contributed by atoms with Crippen LogP contribution in [0.1, 0.15) is 10.0 Å². The van der Waals surface area contributed by atoms with E-state index in [-0.39, 0.29) is 11.5 Å². The molecule has 4 heterocycles. The fourth-order valence-electron chi connectivity index (χ4n) is 10.2. The number of aromatic hydroxyl groups is 2. The number of benzene rings is 8. The molecule has 0 bridgehead atoms. The van der Waals surface area contributed by atoms with Crippen molar-refractivity contribution in [2.24, 2.45) is 0 Å². The van der Waals surface area contributed by atoms with E-state index in [9.17, 15) is 20.7 Å². The van der Waals surface area contributed by atoms with Crippen LogP contribution in [-0.2, 0) is 0 Å². The highest BCUT2D eigenvalue weighted by Crippen LogP contribution is 2.39. The first-order chi connectivity index (χ1) is 35.5. The summed E-state index contributed by atoms with van der Waals surface area (Å²) in [5.74, 6) is 0.0794. The zero-order valence-corrected chi connectivity index (χ0v) is 40.0. The maximum atomic E-state index is 12.1. The molecule has 338 valence electrons. The summed E-state index contributed by atoms with van der Waals surface area (Å²) >= 11 is 2.88. The molecule has 0 amide bonds. The van der Waals surface area contributed by atoms with Gasteiger partial charge in [-0.1, -0.05) is 192 Å². The number of rotatable bonds is 10. The van der Waals surface area contributed by atoms with Gasteiger partial charge in [-0.05, 0) is 48.5 Å². The van der Waals surface area contributed by atoms with Crippen molar-refractivity contribution >= 4 is 101 Å². The van der Waals surface area contributed by atoms with Gasteiger partial charge in [-0.25, -0.2) is 9.97 Å². The Balaban J connectivity index is 1.46. The topological polar surface area (TPSA) is 124 Å². The highest BCUT2D eigenvalue weighted by molar-refractivity contribution is 7.20. The van der Waals surface area contributed by atoms with Gasteiger partial charge in [-0.15, -0.1) is 22.7 Å². The molecule has 0 radical (unpaired) electrons. The molecule has 72 heavy (non-hydrogen) atoms. The van der Waals surface area contributed by atoms with E-state index in [0.717, 1.165) is 42.3 Å². The molecule has 0 saturated carbocycles. The number of hydrogen-bond acceptors (Lipinski definition) is 8. The summed E-state index contributed by atoms with van der Waals surface area (Å²) < 4.78 is 6.28. The second-order valence-electron chi connectivity index (χ2n) is 17.4. The van der Waals surface area contributed by atoms with Crippen LogP contribution in [0, 0.1) is 22.7 Å². The molecule has 0 aliphatic carbocycles. The van der Waals surface area contributed by atoms with Crippen molar-refractivity contribution in [1.29, 1.82) is 10.5 Å². The second-order valence-corrected chi connectivity index (χ2v) is 19.4. The van der Waals surface area contributed by atoms with E-state index in [4.69, 9.17) is 9.97 Å². The van der Waals surface area contributed by atoms with Crippen LogP contribution >= 0.6 is 22.7 Å². The van der Waals surface area contributed by atoms with E-state index in [1.54, 1.807) is 24.3 Å². The third-order valence-corrected chi connectivity index (χ3v) is 15.2. The lowest BCUT2D eigenvalue weighted by molar-refractivity contribution is 0.475. The van der Waals surface area contributed by atoms with Crippen molar-refractivity contribution < 1.29 is 10.2 Å². The maximum Gasteiger partial charge on any atom is 0.328 e. The Morgan fingerprint density at radius 2 is 0.750 bits per heavy atom. The van der Waals surface area contributed by atoms with E-state index >= 15 is 0 Å². The fourth-order valence-corrected chi connectivity index (χ4v) is 12.1. The minimum atomic E-state index is -0.588. The molecule has 8 aromatic carbocycles. The van der Waals surface area contributed by atoms with Gasteiger partial charge >= 0.3 is 13.7 Å². The Bertz CT molecular complexity index is 3820. The van der Waals surface area contributed by atoms with Crippen LogP contribution in [-0.4, -0.2) is 42.8 Å². The SMILES string of the molecule is N#C/C(c1nc2ccccc2s1)=c1\c2c(-c3cccc(O)c3)n(B(c3ccccc3)c3ccccc3)/c(=C(/C#N)c3nc4ccccc4s3)c2c(-c2cccc(O)c2)n1B(c1ccccc1)c1ccccc1. The zero-order chi connectivity index (χ0) is 48.7. The van der Waals surface area contributed by atoms with Gasteiger partial charge in [0, 0.05) is 33.3 Å². The summed E-state index contributed by atoms with van der Waals surface area (Å²) in [5, 5.41) is 50.7. The molecule has 2 N–H and O–H groups in total. The standard InChI is InChI=1S/C60H38B2N6O2S2/c63-37-47(59-65-49-31-13-15-33-51(49)71-59)57-54-53(55(39-19-17-29-45(69)35-39)67(57)61(41-21-5-1-6-22-41)42-23-7-2-8-24-42)58(48(38-64)60-66-50-32-14-16-34-52(50)72-60)68(56(54)40-20-18-30-46(70)36-40)62(43-25-9-3-10-26-43)44-27-11-4-12-28-44/h1-36,69-70H/b57-47-,58-48-. The molecule has 0 fully saturated rings. The molecule has 0 aliphatic heterocycles. The van der Waals surface area contributed by atoms with Crippen molar-refractivity contribution in [3.63, 3.8) is 0 Å². The molecule has 0 atom stereocenters. The number of para-hydroxylation sites is 2. The van der Waals surface area contributed by atoms with E-state index in [1.165, 1.54) is 22.7 Å². The van der Waals surface area contributed by atoms with Crippen LogP contribution < -0.4 is 32.5 Å². The minimum Gasteiger partial charge on any atom is -0.508 e. The smallest absolute Gasteiger partial charge is 0.328 e. The van der Waals surface area contributed by atoms with Gasteiger partial charge in [-0.3, -0.25) is 0 Å². The molecule has 12 heteroatoms. The number of fused-ring (bicyclic) bond motifs is 3. The van der Waals surface area contributed by atoms with Crippen LogP contribution in [0.2, 0.25) is 0 Å². The Morgan fingerprint density at radius 1 is 0.417 bits per heavy atom. The summed E-state index contributed by atoms with van der Waals surface area (Å²) in [6.45, 7) is -1.18. The van der Waals surface area contributed by atoms with Crippen LogP contribution in [0.5, 0.6) is 11.5 Å². The molecule has 0 aliphatic rings. The largest absolute Gasteiger partial charge is 0.508 e. The molecule has 12 rings (SSSR count). The summed E-state index contributed by atoms with van der Waals surface area (Å²) in [6, 6.07) is 76.4. The van der Waals surface area contributed by atoms with Crippen molar-refractivity contribution in [1.82, 2.24) is 18.9 Å². The Morgan fingerprint density at radius 3 is 1.07 bits per heavy atom. The second kappa shape index (κ2) is 18.6. The Hall–Kier alpha value is -9.19. The molecule has 0 saturated heterocycles. The number of nitriles is 2. The Kier molecular flexibility index (Phi) is 11.4. The third kappa shape index (κ3) is 7.63.